The quantitative estimate of drug-likeness (QED) is 0.508. The monoisotopic (exact) mass is 527 g/mol. The van der Waals surface area contributed by atoms with Crippen molar-refractivity contribution in [1.29, 1.82) is 0 Å². The van der Waals surface area contributed by atoms with Gasteiger partial charge in [-0.1, -0.05) is 42.5 Å². The minimum Gasteiger partial charge on any atom is -0.493 e. The average molecular weight is 528 g/mol. The molecule has 3 aromatic carbocycles. The number of hydrogen-bond donors (Lipinski definition) is 2. The van der Waals surface area contributed by atoms with E-state index >= 15 is 0 Å². The number of nitrogens with zero attached hydrogens (tertiary/aromatic N) is 1. The summed E-state index contributed by atoms with van der Waals surface area (Å²) in [6.45, 7) is 0.671. The standard InChI is InChI=1S/C30H29N3O6/c1-37-25-13-10-22-15-26(25)38-19-28(34)31-16-21-7-11-23(12-8-21)39-27-18-33(17-24(27)32-30(22)36)29(35)14-9-20-5-3-2-4-6-20/h2-15,24,27H,16-19H2,1H3,(H,31,34)(H,32,36)/b14-9+/t24-,27-/m0/s1. The van der Waals surface area contributed by atoms with Crippen LogP contribution in [-0.2, 0) is 16.1 Å². The molecule has 9 nitrogen and oxygen atoms in total. The third kappa shape index (κ3) is 6.38. The number of rotatable bonds is 3. The molecule has 1 saturated heterocycles. The zero-order valence-corrected chi connectivity index (χ0v) is 21.5. The maximum atomic E-state index is 13.3. The molecule has 0 radical (unpaired) electrons. The van der Waals surface area contributed by atoms with Gasteiger partial charge in [-0.15, -0.1) is 0 Å². The van der Waals surface area contributed by atoms with Gasteiger partial charge in [0, 0.05) is 24.7 Å². The van der Waals surface area contributed by atoms with Crippen molar-refractivity contribution in [3.63, 3.8) is 0 Å². The summed E-state index contributed by atoms with van der Waals surface area (Å²) in [6.07, 6.45) is 2.83. The van der Waals surface area contributed by atoms with Crippen LogP contribution in [0.4, 0.5) is 0 Å². The minimum atomic E-state index is -0.474. The molecule has 200 valence electrons. The van der Waals surface area contributed by atoms with Gasteiger partial charge < -0.3 is 29.7 Å². The zero-order chi connectivity index (χ0) is 27.2. The van der Waals surface area contributed by atoms with Crippen molar-refractivity contribution in [3.05, 3.63) is 95.6 Å². The van der Waals surface area contributed by atoms with Crippen LogP contribution < -0.4 is 24.8 Å². The lowest BCUT2D eigenvalue weighted by atomic mass is 10.1. The summed E-state index contributed by atoms with van der Waals surface area (Å²) >= 11 is 0. The van der Waals surface area contributed by atoms with E-state index in [0.29, 0.717) is 30.2 Å². The maximum absolute atomic E-state index is 13.3. The van der Waals surface area contributed by atoms with Crippen LogP contribution in [0, 0.1) is 0 Å². The first kappa shape index (κ1) is 25.8. The fraction of sp³-hybridized carbons (Fsp3) is 0.233. The molecule has 0 unspecified atom stereocenters. The molecule has 4 bridgehead atoms. The predicted molar refractivity (Wildman–Crippen MR) is 145 cm³/mol. The third-order valence-corrected chi connectivity index (χ3v) is 6.60. The lowest BCUT2D eigenvalue weighted by Crippen LogP contribution is -2.45. The van der Waals surface area contributed by atoms with Gasteiger partial charge in [-0.05, 0) is 47.5 Å². The molecule has 0 aliphatic carbocycles. The number of fused-ring (bicyclic) bond motifs is 7. The van der Waals surface area contributed by atoms with Gasteiger partial charge in [0.2, 0.25) is 5.91 Å². The van der Waals surface area contributed by atoms with Crippen molar-refractivity contribution in [1.82, 2.24) is 15.5 Å². The van der Waals surface area contributed by atoms with Gasteiger partial charge in [-0.3, -0.25) is 14.4 Å². The summed E-state index contributed by atoms with van der Waals surface area (Å²) < 4.78 is 17.3. The molecule has 3 heterocycles. The van der Waals surface area contributed by atoms with Gasteiger partial charge in [0.1, 0.15) is 11.9 Å². The first-order valence-electron chi connectivity index (χ1n) is 12.6. The summed E-state index contributed by atoms with van der Waals surface area (Å²) in [5.74, 6) is 0.434. The highest BCUT2D eigenvalue weighted by Gasteiger charge is 2.37. The molecular weight excluding hydrogens is 498 g/mol. The predicted octanol–water partition coefficient (Wildman–Crippen LogP) is 2.81. The van der Waals surface area contributed by atoms with Gasteiger partial charge in [0.05, 0.1) is 19.7 Å². The van der Waals surface area contributed by atoms with Crippen LogP contribution in [0.1, 0.15) is 21.5 Å². The molecule has 3 amide bonds. The van der Waals surface area contributed by atoms with Crippen molar-refractivity contribution >= 4 is 23.8 Å². The molecule has 6 rings (SSSR count). The summed E-state index contributed by atoms with van der Waals surface area (Å²) in [7, 11) is 1.49. The second kappa shape index (κ2) is 11.7. The van der Waals surface area contributed by atoms with Gasteiger partial charge in [0.15, 0.2) is 18.1 Å². The molecule has 9 heteroatoms. The van der Waals surface area contributed by atoms with Crippen LogP contribution in [0.15, 0.2) is 78.9 Å². The van der Waals surface area contributed by atoms with E-state index in [1.807, 2.05) is 54.6 Å². The van der Waals surface area contributed by atoms with Gasteiger partial charge in [-0.2, -0.15) is 0 Å². The Morgan fingerprint density at radius 3 is 2.59 bits per heavy atom. The van der Waals surface area contributed by atoms with Crippen LogP contribution in [0.5, 0.6) is 17.2 Å². The molecule has 39 heavy (non-hydrogen) atoms. The van der Waals surface area contributed by atoms with Crippen LogP contribution in [0.3, 0.4) is 0 Å². The minimum absolute atomic E-state index is 0.169. The number of benzene rings is 3. The van der Waals surface area contributed by atoms with Crippen LogP contribution in [0.2, 0.25) is 0 Å². The summed E-state index contributed by atoms with van der Waals surface area (Å²) in [5, 5.41) is 5.83. The fourth-order valence-electron chi connectivity index (χ4n) is 4.49. The number of likely N-dealkylation sites (tertiary alicyclic amines) is 1. The van der Waals surface area contributed by atoms with E-state index in [0.717, 1.165) is 11.1 Å². The molecule has 1 fully saturated rings. The molecule has 3 aromatic rings. The Kier molecular flexibility index (Phi) is 7.77. The van der Waals surface area contributed by atoms with Gasteiger partial charge in [-0.25, -0.2) is 0 Å². The summed E-state index contributed by atoms with van der Waals surface area (Å²) in [4.78, 5) is 40.3. The molecular formula is C30H29N3O6. The number of carbonyl (C=O) groups is 3. The molecule has 2 atom stereocenters. The number of ether oxygens (including phenoxy) is 3. The molecule has 0 spiro atoms. The van der Waals surface area contributed by atoms with Crippen molar-refractivity contribution < 1.29 is 28.6 Å². The van der Waals surface area contributed by atoms with Crippen molar-refractivity contribution in [2.45, 2.75) is 18.7 Å². The Bertz CT molecular complexity index is 1370. The highest BCUT2D eigenvalue weighted by molar-refractivity contribution is 5.95. The molecule has 2 N–H and O–H groups in total. The second-order valence-corrected chi connectivity index (χ2v) is 9.30. The molecule has 0 saturated carbocycles. The third-order valence-electron chi connectivity index (χ3n) is 6.60. The summed E-state index contributed by atoms with van der Waals surface area (Å²) in [5.41, 5.74) is 2.13. The Balaban J connectivity index is 1.40. The van der Waals surface area contributed by atoms with Gasteiger partial charge >= 0.3 is 0 Å². The smallest absolute Gasteiger partial charge is 0.258 e. The number of hydrogen-bond acceptors (Lipinski definition) is 6. The van der Waals surface area contributed by atoms with Crippen molar-refractivity contribution in [3.8, 4) is 17.2 Å². The highest BCUT2D eigenvalue weighted by Crippen LogP contribution is 2.28. The highest BCUT2D eigenvalue weighted by atomic mass is 16.5. The Labute approximate surface area is 226 Å². The van der Waals surface area contributed by atoms with Crippen LogP contribution in [-0.4, -0.2) is 61.6 Å². The number of amides is 3. The van der Waals surface area contributed by atoms with Gasteiger partial charge in [0.25, 0.3) is 11.8 Å². The lowest BCUT2D eigenvalue weighted by Gasteiger charge is -2.21. The van der Waals surface area contributed by atoms with Crippen LogP contribution >= 0.6 is 0 Å². The topological polar surface area (TPSA) is 106 Å². The van der Waals surface area contributed by atoms with E-state index in [2.05, 4.69) is 10.6 Å². The Morgan fingerprint density at radius 1 is 1.03 bits per heavy atom. The average Bonchev–Trinajstić information content (AvgIpc) is 3.36. The zero-order valence-electron chi connectivity index (χ0n) is 21.5. The Hall–Kier alpha value is -4.79. The fourth-order valence-corrected chi connectivity index (χ4v) is 4.49. The van der Waals surface area contributed by atoms with Crippen molar-refractivity contribution in [2.24, 2.45) is 0 Å². The van der Waals surface area contributed by atoms with E-state index in [-0.39, 0.29) is 36.6 Å². The molecule has 3 aliphatic rings. The van der Waals surface area contributed by atoms with E-state index in [1.165, 1.54) is 19.3 Å². The number of carbonyl (C=O) groups excluding carboxylic acids is 3. The van der Waals surface area contributed by atoms with E-state index in [1.54, 1.807) is 23.1 Å². The van der Waals surface area contributed by atoms with E-state index in [9.17, 15) is 14.4 Å². The maximum Gasteiger partial charge on any atom is 0.258 e. The largest absolute Gasteiger partial charge is 0.493 e. The molecule has 0 aromatic heterocycles. The normalized spacial score (nSPS) is 19.4. The first-order valence-corrected chi connectivity index (χ1v) is 12.6. The first-order chi connectivity index (χ1) is 19.0. The number of methoxy groups -OCH3 is 1. The second-order valence-electron chi connectivity index (χ2n) is 9.30. The van der Waals surface area contributed by atoms with E-state index < -0.39 is 12.1 Å². The van der Waals surface area contributed by atoms with E-state index in [4.69, 9.17) is 14.2 Å². The summed E-state index contributed by atoms with van der Waals surface area (Å²) in [6, 6.07) is 21.2. The SMILES string of the molecule is COc1ccc2cc1OCC(=O)NCc1ccc(cc1)O[C@H]1CN(C(=O)/C=C/c3ccccc3)C[C@@H]1NC2=O. The lowest BCUT2D eigenvalue weighted by molar-refractivity contribution is -0.125. The Morgan fingerprint density at radius 2 is 1.82 bits per heavy atom. The van der Waals surface area contributed by atoms with Crippen molar-refractivity contribution in [2.75, 3.05) is 26.8 Å². The molecule has 3 aliphatic heterocycles. The van der Waals surface area contributed by atoms with Crippen LogP contribution in [0.25, 0.3) is 6.08 Å². The number of nitrogens with one attached hydrogen (secondary N) is 2.